The van der Waals surface area contributed by atoms with Crippen LogP contribution in [0, 0.1) is 30.9 Å². The van der Waals surface area contributed by atoms with E-state index < -0.39 is 0 Å². The van der Waals surface area contributed by atoms with Crippen LogP contribution in [0.4, 0.5) is 11.4 Å². The number of hydrogen-bond acceptors (Lipinski definition) is 5. The number of nitrogens with zero attached hydrogens (tertiary/aromatic N) is 2. The van der Waals surface area contributed by atoms with E-state index in [2.05, 4.69) is 10.3 Å². The van der Waals surface area contributed by atoms with Gasteiger partial charge >= 0.3 is 0 Å². The van der Waals surface area contributed by atoms with Crippen molar-refractivity contribution in [3.8, 4) is 0 Å². The normalized spacial score (nSPS) is 10.5. The maximum Gasteiger partial charge on any atom is 0.272 e. The second kappa shape index (κ2) is 5.36. The van der Waals surface area contributed by atoms with Gasteiger partial charge in [0.05, 0.1) is 16.5 Å². The second-order valence-electron chi connectivity index (χ2n) is 4.41. The predicted octanol–water partition coefficient (Wildman–Crippen LogP) is 3.59. The van der Waals surface area contributed by atoms with Gasteiger partial charge in [-0.25, -0.2) is 4.98 Å². The van der Waals surface area contributed by atoms with Crippen molar-refractivity contribution in [3.63, 3.8) is 0 Å². The zero-order valence-electron chi connectivity index (χ0n) is 11.1. The number of hydrogen-bond donors (Lipinski definition) is 1. The molecule has 0 saturated carbocycles. The van der Waals surface area contributed by atoms with Crippen LogP contribution in [0.5, 0.6) is 0 Å². The highest BCUT2D eigenvalue weighted by Gasteiger charge is 2.13. The predicted molar refractivity (Wildman–Crippen MR) is 76.7 cm³/mol. The molecule has 0 saturated heterocycles. The zero-order chi connectivity index (χ0) is 14.0. The minimum atomic E-state index is -0.349. The molecule has 0 aliphatic heterocycles. The van der Waals surface area contributed by atoms with Gasteiger partial charge in [0.25, 0.3) is 5.69 Å². The van der Waals surface area contributed by atoms with Crippen LogP contribution in [0.1, 0.15) is 21.0 Å². The van der Waals surface area contributed by atoms with E-state index in [1.807, 2.05) is 26.1 Å². The summed E-state index contributed by atoms with van der Waals surface area (Å²) in [6.07, 6.45) is 1.85. The molecule has 0 unspecified atom stereocenters. The number of benzene rings is 1. The van der Waals surface area contributed by atoms with Crippen LogP contribution >= 0.6 is 11.3 Å². The largest absolute Gasteiger partial charge is 0.380 e. The molecule has 0 fully saturated rings. The third-order valence-corrected chi connectivity index (χ3v) is 3.77. The lowest BCUT2D eigenvalue weighted by Crippen LogP contribution is -2.01. The lowest BCUT2D eigenvalue weighted by atomic mass is 10.1. The average molecular weight is 277 g/mol. The smallest absolute Gasteiger partial charge is 0.272 e. The number of aromatic nitrogens is 1. The lowest BCUT2D eigenvalue weighted by molar-refractivity contribution is -0.385. The maximum atomic E-state index is 10.8. The fraction of sp³-hybridized carbons (Fsp3) is 0.308. The Morgan fingerprint density at radius 3 is 2.63 bits per heavy atom. The van der Waals surface area contributed by atoms with Gasteiger partial charge in [-0.1, -0.05) is 0 Å². The first-order chi connectivity index (χ1) is 8.97. The van der Waals surface area contributed by atoms with E-state index in [9.17, 15) is 10.1 Å². The van der Waals surface area contributed by atoms with Crippen LogP contribution in [0.15, 0.2) is 18.3 Å². The monoisotopic (exact) mass is 277 g/mol. The molecule has 5 nitrogen and oxygen atoms in total. The Morgan fingerprint density at radius 1 is 1.32 bits per heavy atom. The minimum Gasteiger partial charge on any atom is -0.380 e. The summed E-state index contributed by atoms with van der Waals surface area (Å²) < 4.78 is 0. The van der Waals surface area contributed by atoms with Crippen LogP contribution in [0.2, 0.25) is 0 Å². The number of nitro groups is 1. The van der Waals surface area contributed by atoms with Gasteiger partial charge in [0.1, 0.15) is 0 Å². The molecule has 0 atom stereocenters. The molecule has 1 aromatic carbocycles. The topological polar surface area (TPSA) is 68.1 Å². The SMILES string of the molecule is Cc1ncc(CNc2cc(C)c([N+](=O)[O-])cc2C)s1. The summed E-state index contributed by atoms with van der Waals surface area (Å²) >= 11 is 1.64. The van der Waals surface area contributed by atoms with E-state index >= 15 is 0 Å². The van der Waals surface area contributed by atoms with E-state index in [0.29, 0.717) is 12.1 Å². The summed E-state index contributed by atoms with van der Waals surface area (Å²) in [5, 5.41) is 15.2. The standard InChI is InChI=1S/C13H15N3O2S/c1-8-5-13(16(17)18)9(2)4-12(8)15-7-11-6-14-10(3)19-11/h4-6,15H,7H2,1-3H3. The summed E-state index contributed by atoms with van der Waals surface area (Å²) in [5.41, 5.74) is 2.63. The molecule has 100 valence electrons. The van der Waals surface area contributed by atoms with Gasteiger partial charge in [-0.3, -0.25) is 10.1 Å². The third kappa shape index (κ3) is 3.08. The van der Waals surface area contributed by atoms with Crippen LogP contribution in [0.25, 0.3) is 0 Å². The highest BCUT2D eigenvalue weighted by atomic mass is 32.1. The number of aryl methyl sites for hydroxylation is 3. The van der Waals surface area contributed by atoms with Crippen LogP contribution in [-0.2, 0) is 6.54 Å². The molecule has 0 aliphatic rings. The molecule has 0 spiro atoms. The van der Waals surface area contributed by atoms with E-state index in [1.165, 1.54) is 0 Å². The molecule has 0 radical (unpaired) electrons. The Morgan fingerprint density at radius 2 is 2.05 bits per heavy atom. The zero-order valence-corrected chi connectivity index (χ0v) is 11.9. The highest BCUT2D eigenvalue weighted by molar-refractivity contribution is 7.11. The van der Waals surface area contributed by atoms with Gasteiger partial charge in [0.2, 0.25) is 0 Å². The van der Waals surface area contributed by atoms with E-state index in [1.54, 1.807) is 24.3 Å². The molecule has 1 N–H and O–H groups in total. The van der Waals surface area contributed by atoms with Crippen molar-refractivity contribution in [2.75, 3.05) is 5.32 Å². The first kappa shape index (κ1) is 13.5. The Balaban J connectivity index is 2.17. The quantitative estimate of drug-likeness (QED) is 0.685. The van der Waals surface area contributed by atoms with Crippen LogP contribution < -0.4 is 5.32 Å². The summed E-state index contributed by atoms with van der Waals surface area (Å²) in [6.45, 7) is 6.27. The fourth-order valence-electron chi connectivity index (χ4n) is 1.86. The van der Waals surface area contributed by atoms with Gasteiger partial charge in [-0.15, -0.1) is 11.3 Å². The summed E-state index contributed by atoms with van der Waals surface area (Å²) in [4.78, 5) is 15.8. The van der Waals surface area contributed by atoms with E-state index in [4.69, 9.17) is 0 Å². The fourth-order valence-corrected chi connectivity index (χ4v) is 2.59. The van der Waals surface area contributed by atoms with Crippen molar-refractivity contribution >= 4 is 22.7 Å². The Bertz CT molecular complexity index is 622. The second-order valence-corrected chi connectivity index (χ2v) is 5.73. The Kier molecular flexibility index (Phi) is 3.80. The Hall–Kier alpha value is -1.95. The maximum absolute atomic E-state index is 10.8. The molecule has 2 rings (SSSR count). The van der Waals surface area contributed by atoms with E-state index in [0.717, 1.165) is 21.1 Å². The van der Waals surface area contributed by atoms with Crippen molar-refractivity contribution in [2.24, 2.45) is 0 Å². The van der Waals surface area contributed by atoms with Gasteiger partial charge < -0.3 is 5.32 Å². The number of anilines is 1. The molecule has 19 heavy (non-hydrogen) atoms. The first-order valence-electron chi connectivity index (χ1n) is 5.88. The van der Waals surface area contributed by atoms with Crippen molar-refractivity contribution in [1.82, 2.24) is 4.98 Å². The molecular weight excluding hydrogens is 262 g/mol. The molecule has 0 aliphatic carbocycles. The molecule has 1 heterocycles. The van der Waals surface area contributed by atoms with Gasteiger partial charge in [0, 0.05) is 28.4 Å². The Labute approximate surface area is 115 Å². The van der Waals surface area contributed by atoms with Crippen molar-refractivity contribution < 1.29 is 4.92 Å². The minimum absolute atomic E-state index is 0.164. The van der Waals surface area contributed by atoms with Crippen molar-refractivity contribution in [3.05, 3.63) is 49.5 Å². The van der Waals surface area contributed by atoms with Gasteiger partial charge in [-0.2, -0.15) is 0 Å². The number of nitrogens with one attached hydrogen (secondary N) is 1. The first-order valence-corrected chi connectivity index (χ1v) is 6.70. The van der Waals surface area contributed by atoms with Crippen molar-refractivity contribution in [1.29, 1.82) is 0 Å². The molecular formula is C13H15N3O2S. The van der Waals surface area contributed by atoms with Crippen LogP contribution in [0.3, 0.4) is 0 Å². The van der Waals surface area contributed by atoms with Gasteiger partial charge in [0.15, 0.2) is 0 Å². The molecule has 6 heteroatoms. The van der Waals surface area contributed by atoms with Crippen molar-refractivity contribution in [2.45, 2.75) is 27.3 Å². The summed E-state index contributed by atoms with van der Waals surface area (Å²) in [7, 11) is 0. The van der Waals surface area contributed by atoms with E-state index in [-0.39, 0.29) is 10.6 Å². The molecule has 1 aromatic heterocycles. The third-order valence-electron chi connectivity index (χ3n) is 2.86. The summed E-state index contributed by atoms with van der Waals surface area (Å²) in [5.74, 6) is 0. The number of rotatable bonds is 4. The highest BCUT2D eigenvalue weighted by Crippen LogP contribution is 2.26. The average Bonchev–Trinajstić information content (AvgIpc) is 2.75. The number of nitro benzene ring substituents is 1. The molecule has 0 amide bonds. The van der Waals surface area contributed by atoms with Gasteiger partial charge in [-0.05, 0) is 32.4 Å². The van der Waals surface area contributed by atoms with Crippen LogP contribution in [-0.4, -0.2) is 9.91 Å². The summed E-state index contributed by atoms with van der Waals surface area (Å²) in [6, 6.07) is 3.43. The lowest BCUT2D eigenvalue weighted by Gasteiger charge is -2.09. The number of thiazole rings is 1. The molecule has 2 aromatic rings. The molecule has 0 bridgehead atoms.